The fourth-order valence-corrected chi connectivity index (χ4v) is 2.02. The monoisotopic (exact) mass is 269 g/mol. The van der Waals surface area contributed by atoms with Crippen LogP contribution in [0.25, 0.3) is 0 Å². The number of carbonyl (C=O) groups excluding carboxylic acids is 1. The van der Waals surface area contributed by atoms with Gasteiger partial charge in [0.1, 0.15) is 0 Å². The van der Waals surface area contributed by atoms with Crippen LogP contribution in [0, 0.1) is 16.7 Å². The SMILES string of the molecule is N#C[C@]1(C(=O)OCC(F)(F)F)C[C@@H]1c1ccccc1. The van der Waals surface area contributed by atoms with Crippen molar-refractivity contribution in [3.63, 3.8) is 0 Å². The number of carbonyl (C=O) groups is 1. The first-order valence-electron chi connectivity index (χ1n) is 5.59. The van der Waals surface area contributed by atoms with Crippen molar-refractivity contribution in [3.05, 3.63) is 35.9 Å². The van der Waals surface area contributed by atoms with E-state index in [1.165, 1.54) is 0 Å². The van der Waals surface area contributed by atoms with E-state index in [0.29, 0.717) is 0 Å². The van der Waals surface area contributed by atoms with Crippen molar-refractivity contribution in [3.8, 4) is 6.07 Å². The fourth-order valence-electron chi connectivity index (χ4n) is 2.02. The van der Waals surface area contributed by atoms with Gasteiger partial charge in [-0.3, -0.25) is 4.79 Å². The van der Waals surface area contributed by atoms with Crippen molar-refractivity contribution >= 4 is 5.97 Å². The Kier molecular flexibility index (Phi) is 3.23. The molecule has 1 aliphatic rings. The van der Waals surface area contributed by atoms with E-state index in [9.17, 15) is 18.0 Å². The maximum absolute atomic E-state index is 12.0. The molecule has 3 nitrogen and oxygen atoms in total. The molecule has 0 N–H and O–H groups in total. The average Bonchev–Trinajstić information content (AvgIpc) is 3.12. The Balaban J connectivity index is 2.07. The highest BCUT2D eigenvalue weighted by Crippen LogP contribution is 2.59. The van der Waals surface area contributed by atoms with Crippen molar-refractivity contribution < 1.29 is 22.7 Å². The van der Waals surface area contributed by atoms with Gasteiger partial charge in [-0.25, -0.2) is 0 Å². The summed E-state index contributed by atoms with van der Waals surface area (Å²) in [5, 5.41) is 9.06. The molecule has 0 aromatic heterocycles. The molecule has 6 heteroatoms. The van der Waals surface area contributed by atoms with E-state index in [1.807, 2.05) is 0 Å². The van der Waals surface area contributed by atoms with Gasteiger partial charge in [0.15, 0.2) is 12.0 Å². The lowest BCUT2D eigenvalue weighted by molar-refractivity contribution is -0.189. The molecule has 2 rings (SSSR count). The van der Waals surface area contributed by atoms with Gasteiger partial charge in [-0.2, -0.15) is 18.4 Å². The summed E-state index contributed by atoms with van der Waals surface area (Å²) < 4.78 is 40.2. The van der Waals surface area contributed by atoms with Crippen LogP contribution in [0.4, 0.5) is 13.2 Å². The van der Waals surface area contributed by atoms with E-state index in [4.69, 9.17) is 5.26 Å². The number of halogens is 3. The third-order valence-electron chi connectivity index (χ3n) is 3.09. The summed E-state index contributed by atoms with van der Waals surface area (Å²) in [4.78, 5) is 11.6. The molecule has 0 aliphatic heterocycles. The molecule has 0 saturated heterocycles. The lowest BCUT2D eigenvalue weighted by Gasteiger charge is -2.11. The minimum atomic E-state index is -4.58. The highest BCUT2D eigenvalue weighted by Gasteiger charge is 2.63. The van der Waals surface area contributed by atoms with Crippen molar-refractivity contribution in [2.75, 3.05) is 6.61 Å². The smallest absolute Gasteiger partial charge is 0.422 e. The fraction of sp³-hybridized carbons (Fsp3) is 0.385. The van der Waals surface area contributed by atoms with Gasteiger partial charge in [0, 0.05) is 5.92 Å². The molecule has 0 radical (unpaired) electrons. The van der Waals surface area contributed by atoms with Crippen LogP contribution in [0.1, 0.15) is 17.9 Å². The van der Waals surface area contributed by atoms with Gasteiger partial charge in [0.25, 0.3) is 0 Å². The maximum Gasteiger partial charge on any atom is 0.422 e. The van der Waals surface area contributed by atoms with Crippen LogP contribution in [0.15, 0.2) is 30.3 Å². The first-order chi connectivity index (χ1) is 8.89. The van der Waals surface area contributed by atoms with Gasteiger partial charge < -0.3 is 4.74 Å². The van der Waals surface area contributed by atoms with Gasteiger partial charge >= 0.3 is 12.1 Å². The Bertz CT molecular complexity index is 521. The summed E-state index contributed by atoms with van der Waals surface area (Å²) >= 11 is 0. The Morgan fingerprint density at radius 3 is 2.58 bits per heavy atom. The minimum Gasteiger partial charge on any atom is -0.455 e. The second-order valence-corrected chi connectivity index (χ2v) is 4.44. The molecule has 2 atom stereocenters. The molecule has 1 saturated carbocycles. The van der Waals surface area contributed by atoms with E-state index < -0.39 is 24.2 Å². The molecule has 19 heavy (non-hydrogen) atoms. The van der Waals surface area contributed by atoms with Crippen LogP contribution in [-0.2, 0) is 9.53 Å². The molecule has 1 aromatic carbocycles. The average molecular weight is 269 g/mol. The lowest BCUT2D eigenvalue weighted by Crippen LogP contribution is -2.26. The van der Waals surface area contributed by atoms with Crippen LogP contribution >= 0.6 is 0 Å². The summed E-state index contributed by atoms with van der Waals surface area (Å²) in [6.07, 6.45) is -4.38. The zero-order chi connectivity index (χ0) is 14.1. The predicted octanol–water partition coefficient (Wildman–Crippen LogP) is 2.79. The number of rotatable bonds is 3. The molecule has 0 heterocycles. The molecule has 1 fully saturated rings. The van der Waals surface area contributed by atoms with E-state index in [0.717, 1.165) is 5.56 Å². The maximum atomic E-state index is 12.0. The van der Waals surface area contributed by atoms with Crippen LogP contribution in [0.3, 0.4) is 0 Å². The van der Waals surface area contributed by atoms with Crippen molar-refractivity contribution in [2.45, 2.75) is 18.5 Å². The highest BCUT2D eigenvalue weighted by atomic mass is 19.4. The van der Waals surface area contributed by atoms with Crippen LogP contribution < -0.4 is 0 Å². The largest absolute Gasteiger partial charge is 0.455 e. The number of ether oxygens (including phenoxy) is 1. The second-order valence-electron chi connectivity index (χ2n) is 4.44. The normalized spacial score (nSPS) is 25.5. The van der Waals surface area contributed by atoms with E-state index in [1.54, 1.807) is 36.4 Å². The molecule has 0 amide bonds. The van der Waals surface area contributed by atoms with Gasteiger partial charge in [0.2, 0.25) is 0 Å². The summed E-state index contributed by atoms with van der Waals surface area (Å²) in [6, 6.07) is 10.5. The van der Waals surface area contributed by atoms with E-state index >= 15 is 0 Å². The number of nitrogens with zero attached hydrogens (tertiary/aromatic N) is 1. The van der Waals surface area contributed by atoms with Gasteiger partial charge in [-0.05, 0) is 12.0 Å². The Morgan fingerprint density at radius 1 is 1.42 bits per heavy atom. The van der Waals surface area contributed by atoms with Gasteiger partial charge in [-0.15, -0.1) is 0 Å². The predicted molar refractivity (Wildman–Crippen MR) is 58.9 cm³/mol. The molecular formula is C13H10F3NO2. The Morgan fingerprint density at radius 2 is 2.05 bits per heavy atom. The first kappa shape index (κ1) is 13.4. The quantitative estimate of drug-likeness (QED) is 0.793. The summed E-state index contributed by atoms with van der Waals surface area (Å²) in [5.74, 6) is -1.49. The Labute approximate surface area is 107 Å². The number of alkyl halides is 3. The number of hydrogen-bond acceptors (Lipinski definition) is 3. The minimum absolute atomic E-state index is 0.199. The number of hydrogen-bond donors (Lipinski definition) is 0. The molecule has 0 spiro atoms. The summed E-state index contributed by atoms with van der Waals surface area (Å²) in [6.45, 7) is -1.66. The van der Waals surface area contributed by atoms with Gasteiger partial charge in [-0.1, -0.05) is 30.3 Å². The highest BCUT2D eigenvalue weighted by molar-refractivity contribution is 5.85. The molecule has 1 aromatic rings. The van der Waals surface area contributed by atoms with Crippen LogP contribution in [0.5, 0.6) is 0 Å². The number of nitriles is 1. The molecular weight excluding hydrogens is 259 g/mol. The standard InChI is InChI=1S/C13H10F3NO2/c14-13(15,16)8-19-11(18)12(7-17)6-10(12)9-4-2-1-3-5-9/h1-5,10H,6,8H2/t10-,12-/m1/s1. The zero-order valence-corrected chi connectivity index (χ0v) is 9.78. The number of esters is 1. The topological polar surface area (TPSA) is 50.1 Å². The number of benzene rings is 1. The van der Waals surface area contributed by atoms with Crippen LogP contribution in [-0.4, -0.2) is 18.8 Å². The van der Waals surface area contributed by atoms with Gasteiger partial charge in [0.05, 0.1) is 6.07 Å². The zero-order valence-electron chi connectivity index (χ0n) is 9.78. The Hall–Kier alpha value is -2.03. The third-order valence-corrected chi connectivity index (χ3v) is 3.09. The summed E-state index contributed by atoms with van der Waals surface area (Å²) in [5.41, 5.74) is -0.708. The molecule has 0 bridgehead atoms. The van der Waals surface area contributed by atoms with Crippen molar-refractivity contribution in [1.82, 2.24) is 0 Å². The molecule has 100 valence electrons. The van der Waals surface area contributed by atoms with Crippen molar-refractivity contribution in [2.24, 2.45) is 5.41 Å². The second kappa shape index (κ2) is 4.57. The molecule has 1 aliphatic carbocycles. The van der Waals surface area contributed by atoms with Crippen LogP contribution in [0.2, 0.25) is 0 Å². The van der Waals surface area contributed by atoms with Crippen molar-refractivity contribution in [1.29, 1.82) is 5.26 Å². The summed E-state index contributed by atoms with van der Waals surface area (Å²) in [7, 11) is 0. The van der Waals surface area contributed by atoms with E-state index in [2.05, 4.69) is 4.74 Å². The third kappa shape index (κ3) is 2.70. The lowest BCUT2D eigenvalue weighted by atomic mass is 10.0. The molecule has 0 unspecified atom stereocenters. The van der Waals surface area contributed by atoms with E-state index in [-0.39, 0.29) is 12.3 Å². The first-order valence-corrected chi connectivity index (χ1v) is 5.59.